The molecule has 2 heterocycles. The zero-order valence-corrected chi connectivity index (χ0v) is 11.4. The summed E-state index contributed by atoms with van der Waals surface area (Å²) in [6.45, 7) is 1.57. The van der Waals surface area contributed by atoms with Crippen molar-refractivity contribution in [1.82, 2.24) is 15.3 Å². The average molecular weight is 265 g/mol. The molecule has 1 aromatic rings. The molecule has 5 heteroatoms. The highest BCUT2D eigenvalue weighted by atomic mass is 16.5. The fourth-order valence-electron chi connectivity index (χ4n) is 2.33. The second-order valence-corrected chi connectivity index (χ2v) is 5.02. The Bertz CT molecular complexity index is 359. The minimum atomic E-state index is 0.133. The number of aromatic nitrogens is 2. The summed E-state index contributed by atoms with van der Waals surface area (Å²) in [7, 11) is 0. The van der Waals surface area contributed by atoms with E-state index in [1.54, 1.807) is 6.20 Å². The van der Waals surface area contributed by atoms with Gasteiger partial charge in [-0.25, -0.2) is 4.98 Å². The lowest BCUT2D eigenvalue weighted by Crippen LogP contribution is -2.27. The fraction of sp³-hybridized carbons (Fsp3) is 0.714. The lowest BCUT2D eigenvalue weighted by atomic mass is 10.0. The van der Waals surface area contributed by atoms with Crippen molar-refractivity contribution < 1.29 is 9.53 Å². The molecule has 1 aromatic heterocycles. The first-order valence-corrected chi connectivity index (χ1v) is 7.21. The van der Waals surface area contributed by atoms with Gasteiger partial charge in [-0.3, -0.25) is 4.79 Å². The van der Waals surface area contributed by atoms with Gasteiger partial charge in [0.25, 0.3) is 0 Å². The first kappa shape index (κ1) is 14.1. The van der Waals surface area contributed by atoms with Gasteiger partial charge < -0.3 is 15.0 Å². The number of carbonyl (C=O) groups excluding carboxylic acids is 1. The average Bonchev–Trinajstić information content (AvgIpc) is 2.96. The summed E-state index contributed by atoms with van der Waals surface area (Å²) in [6.07, 6.45) is 10.6. The number of aryl methyl sites for hydroxylation is 1. The minimum absolute atomic E-state index is 0.133. The molecule has 5 nitrogen and oxygen atoms in total. The number of H-pyrrole nitrogens is 1. The molecule has 2 N–H and O–H groups in total. The van der Waals surface area contributed by atoms with Gasteiger partial charge in [-0.05, 0) is 32.1 Å². The van der Waals surface area contributed by atoms with Crippen molar-refractivity contribution in [2.24, 2.45) is 0 Å². The van der Waals surface area contributed by atoms with E-state index in [-0.39, 0.29) is 5.91 Å². The Morgan fingerprint density at radius 3 is 3.21 bits per heavy atom. The first-order chi connectivity index (χ1) is 9.34. The van der Waals surface area contributed by atoms with Crippen molar-refractivity contribution in [3.05, 3.63) is 18.2 Å². The van der Waals surface area contributed by atoms with Crippen LogP contribution < -0.4 is 5.32 Å². The predicted octanol–water partition coefficient (Wildman–Crippen LogP) is 1.81. The smallest absolute Gasteiger partial charge is 0.220 e. The SMILES string of the molecule is O=C(CCC1CCCCO1)NCCCc1ncc[nH]1. The molecular weight excluding hydrogens is 242 g/mol. The minimum Gasteiger partial charge on any atom is -0.378 e. The van der Waals surface area contributed by atoms with Crippen molar-refractivity contribution in [3.8, 4) is 0 Å². The second kappa shape index (κ2) is 7.94. The third-order valence-corrected chi connectivity index (χ3v) is 3.43. The van der Waals surface area contributed by atoms with Crippen molar-refractivity contribution in [2.75, 3.05) is 13.2 Å². The highest BCUT2D eigenvalue weighted by Gasteiger charge is 2.14. The molecule has 1 saturated heterocycles. The van der Waals surface area contributed by atoms with E-state index in [2.05, 4.69) is 15.3 Å². The first-order valence-electron chi connectivity index (χ1n) is 7.21. The predicted molar refractivity (Wildman–Crippen MR) is 72.7 cm³/mol. The number of carbonyl (C=O) groups is 1. The second-order valence-electron chi connectivity index (χ2n) is 5.02. The van der Waals surface area contributed by atoms with Crippen LogP contribution in [0, 0.1) is 0 Å². The summed E-state index contributed by atoms with van der Waals surface area (Å²) in [6, 6.07) is 0. The molecule has 0 radical (unpaired) electrons. The molecule has 0 saturated carbocycles. The number of ether oxygens (including phenoxy) is 1. The van der Waals surface area contributed by atoms with Gasteiger partial charge in [0.05, 0.1) is 6.10 Å². The number of hydrogen-bond acceptors (Lipinski definition) is 3. The Morgan fingerprint density at radius 2 is 2.47 bits per heavy atom. The highest BCUT2D eigenvalue weighted by molar-refractivity contribution is 5.75. The maximum atomic E-state index is 11.7. The maximum absolute atomic E-state index is 11.7. The molecule has 0 bridgehead atoms. The van der Waals surface area contributed by atoms with Gasteiger partial charge in [-0.2, -0.15) is 0 Å². The van der Waals surface area contributed by atoms with Crippen molar-refractivity contribution in [1.29, 1.82) is 0 Å². The largest absolute Gasteiger partial charge is 0.378 e. The van der Waals surface area contributed by atoms with Gasteiger partial charge in [-0.15, -0.1) is 0 Å². The van der Waals surface area contributed by atoms with E-state index in [1.807, 2.05) is 6.20 Å². The molecule has 1 fully saturated rings. The van der Waals surface area contributed by atoms with Gasteiger partial charge in [0.1, 0.15) is 5.82 Å². The molecule has 1 unspecified atom stereocenters. The van der Waals surface area contributed by atoms with Crippen LogP contribution in [0.5, 0.6) is 0 Å². The van der Waals surface area contributed by atoms with Crippen LogP contribution in [-0.2, 0) is 16.0 Å². The molecule has 1 atom stereocenters. The zero-order chi connectivity index (χ0) is 13.3. The molecule has 1 amide bonds. The number of imidazole rings is 1. The van der Waals surface area contributed by atoms with Crippen LogP contribution in [0.15, 0.2) is 12.4 Å². The molecule has 19 heavy (non-hydrogen) atoms. The van der Waals surface area contributed by atoms with E-state index in [9.17, 15) is 4.79 Å². The zero-order valence-electron chi connectivity index (χ0n) is 11.4. The molecule has 0 aromatic carbocycles. The van der Waals surface area contributed by atoms with Crippen molar-refractivity contribution >= 4 is 5.91 Å². The Labute approximate surface area is 114 Å². The summed E-state index contributed by atoms with van der Waals surface area (Å²) in [5.74, 6) is 1.11. The highest BCUT2D eigenvalue weighted by Crippen LogP contribution is 2.16. The van der Waals surface area contributed by atoms with E-state index >= 15 is 0 Å². The van der Waals surface area contributed by atoms with Gasteiger partial charge in [0.2, 0.25) is 5.91 Å². The number of amides is 1. The Balaban J connectivity index is 1.49. The van der Waals surface area contributed by atoms with E-state index in [4.69, 9.17) is 4.74 Å². The van der Waals surface area contributed by atoms with E-state index < -0.39 is 0 Å². The number of rotatable bonds is 7. The summed E-state index contributed by atoms with van der Waals surface area (Å²) in [5, 5.41) is 2.95. The summed E-state index contributed by atoms with van der Waals surface area (Å²) >= 11 is 0. The van der Waals surface area contributed by atoms with Gasteiger partial charge in [-0.1, -0.05) is 0 Å². The van der Waals surface area contributed by atoms with Crippen molar-refractivity contribution in [2.45, 2.75) is 51.0 Å². The topological polar surface area (TPSA) is 67.0 Å². The molecule has 1 aliphatic heterocycles. The van der Waals surface area contributed by atoms with Crippen LogP contribution in [0.1, 0.15) is 44.3 Å². The van der Waals surface area contributed by atoms with Crippen LogP contribution in [0.4, 0.5) is 0 Å². The number of aromatic amines is 1. The third-order valence-electron chi connectivity index (χ3n) is 3.43. The lowest BCUT2D eigenvalue weighted by Gasteiger charge is -2.22. The lowest BCUT2D eigenvalue weighted by molar-refractivity contribution is -0.122. The summed E-state index contributed by atoms with van der Waals surface area (Å²) in [5.41, 5.74) is 0. The number of nitrogens with one attached hydrogen (secondary N) is 2. The normalized spacial score (nSPS) is 19.3. The molecule has 1 aliphatic rings. The Hall–Kier alpha value is -1.36. The molecule has 106 valence electrons. The molecule has 2 rings (SSSR count). The van der Waals surface area contributed by atoms with E-state index in [1.165, 1.54) is 6.42 Å². The Morgan fingerprint density at radius 1 is 1.53 bits per heavy atom. The van der Waals surface area contributed by atoms with Crippen molar-refractivity contribution in [3.63, 3.8) is 0 Å². The quantitative estimate of drug-likeness (QED) is 0.739. The van der Waals surface area contributed by atoms with Gasteiger partial charge in [0.15, 0.2) is 0 Å². The van der Waals surface area contributed by atoms with Crippen LogP contribution in [0.2, 0.25) is 0 Å². The van der Waals surface area contributed by atoms with E-state index in [0.717, 1.165) is 44.5 Å². The van der Waals surface area contributed by atoms with Crippen LogP contribution in [0.3, 0.4) is 0 Å². The number of nitrogens with zero attached hydrogens (tertiary/aromatic N) is 1. The standard InChI is InChI=1S/C14H23N3O2/c18-14(7-6-12-4-1-2-11-19-12)17-8-3-5-13-15-9-10-16-13/h9-10,12H,1-8,11H2,(H,15,16)(H,17,18). The molecule has 0 spiro atoms. The fourth-order valence-corrected chi connectivity index (χ4v) is 2.33. The van der Waals surface area contributed by atoms with Crippen LogP contribution >= 0.6 is 0 Å². The number of hydrogen-bond donors (Lipinski definition) is 2. The van der Waals surface area contributed by atoms with Crippen LogP contribution in [-0.4, -0.2) is 35.1 Å². The van der Waals surface area contributed by atoms with Gasteiger partial charge in [0, 0.05) is 38.4 Å². The molecule has 0 aliphatic carbocycles. The summed E-state index contributed by atoms with van der Waals surface area (Å²) in [4.78, 5) is 18.9. The van der Waals surface area contributed by atoms with Crippen LogP contribution in [0.25, 0.3) is 0 Å². The Kier molecular flexibility index (Phi) is 5.88. The molecular formula is C14H23N3O2. The third kappa shape index (κ3) is 5.42. The monoisotopic (exact) mass is 265 g/mol. The van der Waals surface area contributed by atoms with E-state index in [0.29, 0.717) is 19.1 Å². The summed E-state index contributed by atoms with van der Waals surface area (Å²) < 4.78 is 5.61. The van der Waals surface area contributed by atoms with Gasteiger partial charge >= 0.3 is 0 Å². The maximum Gasteiger partial charge on any atom is 0.220 e.